The zero-order valence-electron chi connectivity index (χ0n) is 15.9. The largest absolute Gasteiger partial charge is 0.354 e. The molecule has 7 nitrogen and oxygen atoms in total. The lowest BCUT2D eigenvalue weighted by Crippen LogP contribution is -2.43. The Bertz CT molecular complexity index is 693. The third-order valence-corrected chi connectivity index (χ3v) is 4.17. The van der Waals surface area contributed by atoms with Gasteiger partial charge < -0.3 is 19.9 Å². The van der Waals surface area contributed by atoms with Crippen molar-refractivity contribution in [2.45, 2.75) is 38.6 Å². The van der Waals surface area contributed by atoms with E-state index in [-0.39, 0.29) is 24.3 Å². The number of carbonyl (C=O) groups excluding carboxylic acids is 2. The minimum absolute atomic E-state index is 0.0355. The summed E-state index contributed by atoms with van der Waals surface area (Å²) in [5.41, 5.74) is 1.56. The van der Waals surface area contributed by atoms with Crippen LogP contribution in [0.4, 0.5) is 0 Å². The molecule has 2 N–H and O–H groups in total. The quantitative estimate of drug-likeness (QED) is 0.669. The lowest BCUT2D eigenvalue weighted by molar-refractivity contribution is -0.123. The average molecular weight is 359 g/mol. The van der Waals surface area contributed by atoms with E-state index in [0.717, 1.165) is 30.7 Å². The Labute approximate surface area is 154 Å². The molecule has 2 rings (SSSR count). The van der Waals surface area contributed by atoms with Crippen LogP contribution in [-0.4, -0.2) is 59.3 Å². The third kappa shape index (κ3) is 6.48. The molecule has 2 aromatic heterocycles. The van der Waals surface area contributed by atoms with Gasteiger partial charge in [-0.15, -0.1) is 0 Å². The SMILES string of the molecule is CCC(CNC(=O)Cc1cn2ccccc2n1)NC(=O)CCCN(C)C. The molecule has 0 saturated carbocycles. The Morgan fingerprint density at radius 1 is 1.27 bits per heavy atom. The van der Waals surface area contributed by atoms with Crippen LogP contribution in [0.1, 0.15) is 31.9 Å². The van der Waals surface area contributed by atoms with E-state index >= 15 is 0 Å². The predicted octanol–water partition coefficient (Wildman–Crippen LogP) is 1.23. The van der Waals surface area contributed by atoms with Crippen LogP contribution < -0.4 is 10.6 Å². The monoisotopic (exact) mass is 359 g/mol. The fraction of sp³-hybridized carbons (Fsp3) is 0.526. The number of pyridine rings is 1. The lowest BCUT2D eigenvalue weighted by Gasteiger charge is -2.18. The molecule has 0 saturated heterocycles. The van der Waals surface area contributed by atoms with Crippen molar-refractivity contribution in [3.63, 3.8) is 0 Å². The molecule has 26 heavy (non-hydrogen) atoms. The van der Waals surface area contributed by atoms with Gasteiger partial charge in [-0.2, -0.15) is 0 Å². The first-order chi connectivity index (χ1) is 12.5. The zero-order valence-corrected chi connectivity index (χ0v) is 15.9. The van der Waals surface area contributed by atoms with E-state index in [0.29, 0.717) is 13.0 Å². The molecule has 0 aliphatic heterocycles. The summed E-state index contributed by atoms with van der Waals surface area (Å²) in [6.45, 7) is 3.32. The van der Waals surface area contributed by atoms with Gasteiger partial charge in [-0.25, -0.2) is 4.98 Å². The van der Waals surface area contributed by atoms with Gasteiger partial charge in [0, 0.05) is 31.4 Å². The first-order valence-electron chi connectivity index (χ1n) is 9.11. The van der Waals surface area contributed by atoms with Crippen LogP contribution in [0.2, 0.25) is 0 Å². The van der Waals surface area contributed by atoms with Crippen LogP contribution in [-0.2, 0) is 16.0 Å². The van der Waals surface area contributed by atoms with Crippen LogP contribution in [0.15, 0.2) is 30.6 Å². The van der Waals surface area contributed by atoms with Crippen molar-refractivity contribution >= 4 is 17.5 Å². The van der Waals surface area contributed by atoms with Gasteiger partial charge in [-0.1, -0.05) is 13.0 Å². The number of amides is 2. The Hall–Kier alpha value is -2.41. The van der Waals surface area contributed by atoms with Crippen LogP contribution in [0.5, 0.6) is 0 Å². The number of carbonyl (C=O) groups is 2. The summed E-state index contributed by atoms with van der Waals surface area (Å²) in [6.07, 6.45) is 6.10. The molecule has 2 heterocycles. The van der Waals surface area contributed by atoms with Gasteiger partial charge in [0.25, 0.3) is 0 Å². The summed E-state index contributed by atoms with van der Waals surface area (Å²) in [7, 11) is 3.98. The van der Waals surface area contributed by atoms with Crippen LogP contribution in [0.3, 0.4) is 0 Å². The number of hydrogen-bond acceptors (Lipinski definition) is 4. The van der Waals surface area contributed by atoms with Crippen molar-refractivity contribution in [2.75, 3.05) is 27.2 Å². The summed E-state index contributed by atoms with van der Waals surface area (Å²) in [6, 6.07) is 5.69. The van der Waals surface area contributed by atoms with Crippen LogP contribution >= 0.6 is 0 Å². The van der Waals surface area contributed by atoms with E-state index < -0.39 is 0 Å². The first-order valence-corrected chi connectivity index (χ1v) is 9.11. The van der Waals surface area contributed by atoms with Gasteiger partial charge in [-0.05, 0) is 45.6 Å². The predicted molar refractivity (Wildman–Crippen MR) is 102 cm³/mol. The highest BCUT2D eigenvalue weighted by atomic mass is 16.2. The number of aromatic nitrogens is 2. The van der Waals surface area contributed by atoms with E-state index in [1.165, 1.54) is 0 Å². The topological polar surface area (TPSA) is 78.7 Å². The number of nitrogens with one attached hydrogen (secondary N) is 2. The smallest absolute Gasteiger partial charge is 0.226 e. The molecular weight excluding hydrogens is 330 g/mol. The van der Waals surface area contributed by atoms with Crippen molar-refractivity contribution < 1.29 is 9.59 Å². The second kappa shape index (κ2) is 9.91. The number of nitrogens with zero attached hydrogens (tertiary/aromatic N) is 3. The molecule has 142 valence electrons. The molecule has 0 aromatic carbocycles. The van der Waals surface area contributed by atoms with Gasteiger partial charge in [0.1, 0.15) is 5.65 Å². The van der Waals surface area contributed by atoms with Crippen LogP contribution in [0, 0.1) is 0 Å². The second-order valence-electron chi connectivity index (χ2n) is 6.76. The molecule has 2 aromatic rings. The molecule has 0 radical (unpaired) electrons. The van der Waals surface area contributed by atoms with Crippen molar-refractivity contribution in [1.82, 2.24) is 24.9 Å². The van der Waals surface area contributed by atoms with Gasteiger partial charge in [0.2, 0.25) is 11.8 Å². The second-order valence-corrected chi connectivity index (χ2v) is 6.76. The van der Waals surface area contributed by atoms with Gasteiger partial charge >= 0.3 is 0 Å². The molecule has 2 amide bonds. The molecule has 1 atom stereocenters. The van der Waals surface area contributed by atoms with E-state index in [2.05, 4.69) is 20.5 Å². The average Bonchev–Trinajstić information content (AvgIpc) is 3.00. The molecule has 0 aliphatic carbocycles. The summed E-state index contributed by atoms with van der Waals surface area (Å²) < 4.78 is 1.89. The number of hydrogen-bond donors (Lipinski definition) is 2. The van der Waals surface area contributed by atoms with E-state index in [1.807, 2.05) is 56.0 Å². The molecule has 1 unspecified atom stereocenters. The maximum absolute atomic E-state index is 12.2. The fourth-order valence-electron chi connectivity index (χ4n) is 2.69. The third-order valence-electron chi connectivity index (χ3n) is 4.17. The highest BCUT2D eigenvalue weighted by Gasteiger charge is 2.13. The summed E-state index contributed by atoms with van der Waals surface area (Å²) >= 11 is 0. The molecule has 7 heteroatoms. The maximum atomic E-state index is 12.2. The summed E-state index contributed by atoms with van der Waals surface area (Å²) in [5, 5.41) is 5.88. The normalized spacial score (nSPS) is 12.3. The molecule has 0 spiro atoms. The number of rotatable bonds is 10. The van der Waals surface area contributed by atoms with Crippen molar-refractivity contribution in [2.24, 2.45) is 0 Å². The Balaban J connectivity index is 1.74. The van der Waals surface area contributed by atoms with Gasteiger partial charge in [0.15, 0.2) is 0 Å². The van der Waals surface area contributed by atoms with E-state index in [1.54, 1.807) is 0 Å². The lowest BCUT2D eigenvalue weighted by atomic mass is 10.2. The summed E-state index contributed by atoms with van der Waals surface area (Å²) in [5.74, 6) is -0.0537. The molecule has 0 fully saturated rings. The first kappa shape index (κ1) is 19.9. The highest BCUT2D eigenvalue weighted by molar-refractivity contribution is 5.79. The Kier molecular flexibility index (Phi) is 7.59. The standard InChI is InChI=1S/C19H29N5O2/c1-4-15(22-18(25)9-7-10-23(2)3)13-20-19(26)12-16-14-24-11-6-5-8-17(24)21-16/h5-6,8,11,14-15H,4,7,9-10,12-13H2,1-3H3,(H,20,26)(H,22,25). The Morgan fingerprint density at radius 2 is 2.08 bits per heavy atom. The van der Waals surface area contributed by atoms with Crippen LogP contribution in [0.25, 0.3) is 5.65 Å². The van der Waals surface area contributed by atoms with Crippen molar-refractivity contribution in [3.05, 3.63) is 36.3 Å². The maximum Gasteiger partial charge on any atom is 0.226 e. The Morgan fingerprint density at radius 3 is 2.77 bits per heavy atom. The fourth-order valence-corrected chi connectivity index (χ4v) is 2.69. The molecular formula is C19H29N5O2. The zero-order chi connectivity index (χ0) is 18.9. The van der Waals surface area contributed by atoms with Crippen molar-refractivity contribution in [1.29, 1.82) is 0 Å². The van der Waals surface area contributed by atoms with E-state index in [4.69, 9.17) is 0 Å². The molecule has 0 bridgehead atoms. The summed E-state index contributed by atoms with van der Waals surface area (Å²) in [4.78, 5) is 30.6. The van der Waals surface area contributed by atoms with E-state index in [9.17, 15) is 9.59 Å². The van der Waals surface area contributed by atoms with Crippen molar-refractivity contribution in [3.8, 4) is 0 Å². The molecule has 0 aliphatic rings. The minimum atomic E-state index is -0.0892. The number of fused-ring (bicyclic) bond motifs is 1. The number of imidazole rings is 1. The van der Waals surface area contributed by atoms with Gasteiger partial charge in [-0.3, -0.25) is 9.59 Å². The minimum Gasteiger partial charge on any atom is -0.354 e. The highest BCUT2D eigenvalue weighted by Crippen LogP contribution is 2.05. The van der Waals surface area contributed by atoms with Gasteiger partial charge in [0.05, 0.1) is 12.1 Å².